The van der Waals surface area contributed by atoms with Crippen molar-refractivity contribution in [1.82, 2.24) is 4.98 Å². The third-order valence-corrected chi connectivity index (χ3v) is 3.35. The summed E-state index contributed by atoms with van der Waals surface area (Å²) in [6.45, 7) is 4.14. The number of nitriles is 1. The first kappa shape index (κ1) is 12.4. The molecule has 2 aromatic carbocycles. The van der Waals surface area contributed by atoms with Crippen LogP contribution in [0.1, 0.15) is 16.7 Å². The third kappa shape index (κ3) is 2.15. The van der Waals surface area contributed by atoms with Gasteiger partial charge in [-0.3, -0.25) is 0 Å². The summed E-state index contributed by atoms with van der Waals surface area (Å²) in [5.74, 6) is 0. The average molecular weight is 258 g/mol. The maximum absolute atomic E-state index is 9.34. The van der Waals surface area contributed by atoms with Gasteiger partial charge in [0.2, 0.25) is 0 Å². The van der Waals surface area contributed by atoms with E-state index < -0.39 is 0 Å². The van der Waals surface area contributed by atoms with Crippen LogP contribution in [0.2, 0.25) is 0 Å². The molecule has 96 valence electrons. The zero-order chi connectivity index (χ0) is 14.1. The van der Waals surface area contributed by atoms with Gasteiger partial charge in [0.15, 0.2) is 0 Å². The Morgan fingerprint density at radius 2 is 1.65 bits per heavy atom. The Kier molecular flexibility index (Phi) is 2.96. The molecule has 0 radical (unpaired) electrons. The Morgan fingerprint density at radius 3 is 2.35 bits per heavy atom. The minimum absolute atomic E-state index is 0.671. The van der Waals surface area contributed by atoms with Crippen LogP contribution in [0.3, 0.4) is 0 Å². The second-order valence-corrected chi connectivity index (χ2v) is 5.06. The summed E-state index contributed by atoms with van der Waals surface area (Å²) in [4.78, 5) is 4.69. The number of aryl methyl sites for hydroxylation is 2. The van der Waals surface area contributed by atoms with Gasteiger partial charge in [0, 0.05) is 10.9 Å². The van der Waals surface area contributed by atoms with Crippen molar-refractivity contribution in [2.24, 2.45) is 0 Å². The average Bonchev–Trinajstić information content (AvgIpc) is 2.45. The molecule has 20 heavy (non-hydrogen) atoms. The number of rotatable bonds is 1. The molecule has 0 aliphatic heterocycles. The predicted molar refractivity (Wildman–Crippen MR) is 81.4 cm³/mol. The van der Waals surface area contributed by atoms with E-state index in [1.165, 1.54) is 11.1 Å². The van der Waals surface area contributed by atoms with Crippen LogP contribution in [0.4, 0.5) is 0 Å². The van der Waals surface area contributed by atoms with E-state index in [1.807, 2.05) is 30.3 Å². The first-order chi connectivity index (χ1) is 9.67. The van der Waals surface area contributed by atoms with Gasteiger partial charge in [0.25, 0.3) is 0 Å². The lowest BCUT2D eigenvalue weighted by atomic mass is 10.0. The van der Waals surface area contributed by atoms with Crippen molar-refractivity contribution in [3.05, 3.63) is 65.2 Å². The molecule has 2 nitrogen and oxygen atoms in total. The monoisotopic (exact) mass is 258 g/mol. The molecule has 0 spiro atoms. The highest BCUT2D eigenvalue weighted by molar-refractivity contribution is 5.87. The minimum atomic E-state index is 0.671. The molecule has 3 rings (SSSR count). The van der Waals surface area contributed by atoms with Crippen LogP contribution in [-0.4, -0.2) is 4.98 Å². The summed E-state index contributed by atoms with van der Waals surface area (Å²) in [5, 5.41) is 10.2. The lowest BCUT2D eigenvalue weighted by Gasteiger charge is -2.07. The number of fused-ring (bicyclic) bond motifs is 1. The topological polar surface area (TPSA) is 36.7 Å². The molecule has 0 saturated carbocycles. The number of pyridine rings is 1. The Balaban J connectivity index is 2.29. The summed E-state index contributed by atoms with van der Waals surface area (Å²) in [7, 11) is 0. The summed E-state index contributed by atoms with van der Waals surface area (Å²) >= 11 is 0. The maximum Gasteiger partial charge on any atom is 0.0999 e. The van der Waals surface area contributed by atoms with Crippen LogP contribution in [0.25, 0.3) is 22.2 Å². The lowest BCUT2D eigenvalue weighted by molar-refractivity contribution is 1.34. The highest BCUT2D eigenvalue weighted by atomic mass is 14.7. The summed E-state index contributed by atoms with van der Waals surface area (Å²) < 4.78 is 0. The molecule has 2 heteroatoms. The zero-order valence-corrected chi connectivity index (χ0v) is 11.5. The molecule has 0 aliphatic carbocycles. The number of nitrogens with zero attached hydrogens (tertiary/aromatic N) is 2. The van der Waals surface area contributed by atoms with Crippen LogP contribution >= 0.6 is 0 Å². The van der Waals surface area contributed by atoms with Gasteiger partial charge in [-0.1, -0.05) is 35.4 Å². The van der Waals surface area contributed by atoms with E-state index in [0.717, 1.165) is 22.2 Å². The number of hydrogen-bond acceptors (Lipinski definition) is 2. The molecular weight excluding hydrogens is 244 g/mol. The van der Waals surface area contributed by atoms with Gasteiger partial charge in [-0.25, -0.2) is 4.98 Å². The fourth-order valence-electron chi connectivity index (χ4n) is 2.54. The normalized spacial score (nSPS) is 10.4. The lowest BCUT2D eigenvalue weighted by Crippen LogP contribution is -1.90. The molecule has 0 unspecified atom stereocenters. The molecule has 1 heterocycles. The van der Waals surface area contributed by atoms with Crippen molar-refractivity contribution in [2.75, 3.05) is 0 Å². The molecule has 0 amide bonds. The third-order valence-electron chi connectivity index (χ3n) is 3.35. The Labute approximate surface area is 118 Å². The Hall–Kier alpha value is -2.66. The Bertz CT molecular complexity index is 821. The van der Waals surface area contributed by atoms with E-state index in [4.69, 9.17) is 0 Å². The second-order valence-electron chi connectivity index (χ2n) is 5.06. The molecule has 0 N–H and O–H groups in total. The van der Waals surface area contributed by atoms with E-state index in [1.54, 1.807) is 0 Å². The number of para-hydroxylation sites is 1. The molecule has 0 aliphatic rings. The standard InChI is InChI=1S/C18H14N2/c1-12-7-13(2)9-14(8-12)18-10-15(11-19)16-5-3-4-6-17(16)20-18/h3-10H,1-2H3. The molecule has 1 aromatic heterocycles. The minimum Gasteiger partial charge on any atom is -0.248 e. The van der Waals surface area contributed by atoms with Gasteiger partial charge in [-0.15, -0.1) is 0 Å². The quantitative estimate of drug-likeness (QED) is 0.649. The second kappa shape index (κ2) is 4.79. The number of hydrogen-bond donors (Lipinski definition) is 0. The number of benzene rings is 2. The first-order valence-corrected chi connectivity index (χ1v) is 6.56. The largest absolute Gasteiger partial charge is 0.248 e. The molecule has 3 aromatic rings. The SMILES string of the molecule is Cc1cc(C)cc(-c2cc(C#N)c3ccccc3n2)c1. The molecule has 0 atom stereocenters. The van der Waals surface area contributed by atoms with Gasteiger partial charge in [0.1, 0.15) is 0 Å². The highest BCUT2D eigenvalue weighted by Gasteiger charge is 2.07. The van der Waals surface area contributed by atoms with Gasteiger partial charge in [0.05, 0.1) is 22.8 Å². The van der Waals surface area contributed by atoms with Crippen LogP contribution in [0.15, 0.2) is 48.5 Å². The van der Waals surface area contributed by atoms with E-state index in [9.17, 15) is 5.26 Å². The molecule has 0 saturated heterocycles. The molecule has 0 bridgehead atoms. The van der Waals surface area contributed by atoms with E-state index in [2.05, 4.69) is 43.1 Å². The van der Waals surface area contributed by atoms with Gasteiger partial charge < -0.3 is 0 Å². The van der Waals surface area contributed by atoms with E-state index in [-0.39, 0.29) is 0 Å². The van der Waals surface area contributed by atoms with E-state index in [0.29, 0.717) is 5.56 Å². The summed E-state index contributed by atoms with van der Waals surface area (Å²) in [6, 6.07) is 18.2. The van der Waals surface area contributed by atoms with Crippen molar-refractivity contribution in [3.8, 4) is 17.3 Å². The zero-order valence-electron chi connectivity index (χ0n) is 11.5. The van der Waals surface area contributed by atoms with Crippen molar-refractivity contribution >= 4 is 10.9 Å². The highest BCUT2D eigenvalue weighted by Crippen LogP contribution is 2.25. The summed E-state index contributed by atoms with van der Waals surface area (Å²) in [5.41, 5.74) is 5.85. The first-order valence-electron chi connectivity index (χ1n) is 6.56. The van der Waals surface area contributed by atoms with Crippen molar-refractivity contribution in [3.63, 3.8) is 0 Å². The van der Waals surface area contributed by atoms with Crippen LogP contribution in [0.5, 0.6) is 0 Å². The smallest absolute Gasteiger partial charge is 0.0999 e. The fraction of sp³-hybridized carbons (Fsp3) is 0.111. The van der Waals surface area contributed by atoms with Gasteiger partial charge in [-0.05, 0) is 38.1 Å². The van der Waals surface area contributed by atoms with Gasteiger partial charge in [-0.2, -0.15) is 5.26 Å². The summed E-state index contributed by atoms with van der Waals surface area (Å²) in [6.07, 6.45) is 0. The van der Waals surface area contributed by atoms with Crippen molar-refractivity contribution in [2.45, 2.75) is 13.8 Å². The Morgan fingerprint density at radius 1 is 0.950 bits per heavy atom. The fourth-order valence-corrected chi connectivity index (χ4v) is 2.54. The van der Waals surface area contributed by atoms with Crippen LogP contribution < -0.4 is 0 Å². The molecule has 0 fully saturated rings. The van der Waals surface area contributed by atoms with Crippen LogP contribution in [-0.2, 0) is 0 Å². The van der Waals surface area contributed by atoms with E-state index >= 15 is 0 Å². The van der Waals surface area contributed by atoms with Crippen molar-refractivity contribution in [1.29, 1.82) is 5.26 Å². The predicted octanol–water partition coefficient (Wildman–Crippen LogP) is 4.39. The number of aromatic nitrogens is 1. The maximum atomic E-state index is 9.34. The van der Waals surface area contributed by atoms with Crippen molar-refractivity contribution < 1.29 is 0 Å². The van der Waals surface area contributed by atoms with Crippen LogP contribution in [0, 0.1) is 25.2 Å². The molecular formula is C18H14N2. The van der Waals surface area contributed by atoms with Gasteiger partial charge >= 0.3 is 0 Å².